The molecule has 1 aromatic carbocycles. The number of hydrogen-bond donors (Lipinski definition) is 2. The Hall–Kier alpha value is -1.09. The molecule has 1 aliphatic carbocycles. The van der Waals surface area contributed by atoms with Gasteiger partial charge in [0.25, 0.3) is 0 Å². The average Bonchev–Trinajstić information content (AvgIpc) is 2.60. The van der Waals surface area contributed by atoms with Crippen LogP contribution in [-0.2, 0) is 4.74 Å². The number of ether oxygens (including phenoxy) is 2. The molecule has 2 N–H and O–H groups in total. The minimum atomic E-state index is -0.261. The lowest BCUT2D eigenvalue weighted by molar-refractivity contribution is 0.0778. The van der Waals surface area contributed by atoms with E-state index in [1.807, 2.05) is 6.92 Å². The molecule has 1 aromatic rings. The molecular formula is C20H33FIN3O2. The molecule has 0 amide bonds. The van der Waals surface area contributed by atoms with E-state index in [9.17, 15) is 4.39 Å². The van der Waals surface area contributed by atoms with E-state index in [1.54, 1.807) is 19.2 Å². The minimum Gasteiger partial charge on any atom is -0.489 e. The zero-order chi connectivity index (χ0) is 18.8. The Morgan fingerprint density at radius 3 is 2.52 bits per heavy atom. The molecule has 2 rings (SSSR count). The van der Waals surface area contributed by atoms with E-state index in [4.69, 9.17) is 14.5 Å². The number of guanidine groups is 1. The Bertz CT molecular complexity index is 565. The van der Waals surface area contributed by atoms with E-state index >= 15 is 0 Å². The van der Waals surface area contributed by atoms with E-state index < -0.39 is 0 Å². The normalized spacial score (nSPS) is 16.7. The lowest BCUT2D eigenvalue weighted by Gasteiger charge is -2.40. The highest BCUT2D eigenvalue weighted by Crippen LogP contribution is 2.44. The smallest absolute Gasteiger partial charge is 0.191 e. The van der Waals surface area contributed by atoms with Crippen molar-refractivity contribution in [2.24, 2.45) is 10.4 Å². The fraction of sp³-hybridized carbons (Fsp3) is 0.650. The molecule has 1 unspecified atom stereocenters. The maximum Gasteiger partial charge on any atom is 0.191 e. The van der Waals surface area contributed by atoms with Gasteiger partial charge in [-0.15, -0.1) is 24.0 Å². The molecule has 0 bridgehead atoms. The monoisotopic (exact) mass is 493 g/mol. The van der Waals surface area contributed by atoms with Gasteiger partial charge >= 0.3 is 0 Å². The predicted octanol–water partition coefficient (Wildman–Crippen LogP) is 3.97. The van der Waals surface area contributed by atoms with Crippen LogP contribution in [0.2, 0.25) is 0 Å². The third-order valence-electron chi connectivity index (χ3n) is 4.88. The molecule has 154 valence electrons. The van der Waals surface area contributed by atoms with Crippen LogP contribution in [0.3, 0.4) is 0 Å². The number of methoxy groups -OCH3 is 1. The summed E-state index contributed by atoms with van der Waals surface area (Å²) in [7, 11) is 1.75. The lowest BCUT2D eigenvalue weighted by atomic mass is 9.67. The molecule has 0 spiro atoms. The van der Waals surface area contributed by atoms with Gasteiger partial charge in [-0.05, 0) is 62.8 Å². The van der Waals surface area contributed by atoms with Crippen molar-refractivity contribution < 1.29 is 13.9 Å². The van der Waals surface area contributed by atoms with Gasteiger partial charge in [-0.1, -0.05) is 6.42 Å². The fourth-order valence-corrected chi connectivity index (χ4v) is 3.10. The van der Waals surface area contributed by atoms with Gasteiger partial charge in [-0.3, -0.25) is 4.99 Å². The summed E-state index contributed by atoms with van der Waals surface area (Å²) in [6, 6.07) is 6.08. The second-order valence-electron chi connectivity index (χ2n) is 7.05. The topological polar surface area (TPSA) is 54.9 Å². The Morgan fingerprint density at radius 1 is 1.26 bits per heavy atom. The number of benzene rings is 1. The summed E-state index contributed by atoms with van der Waals surface area (Å²) >= 11 is 0. The number of halogens is 2. The van der Waals surface area contributed by atoms with E-state index in [0.717, 1.165) is 32.1 Å². The third-order valence-corrected chi connectivity index (χ3v) is 4.88. The third kappa shape index (κ3) is 8.21. The van der Waals surface area contributed by atoms with Crippen molar-refractivity contribution in [1.82, 2.24) is 10.6 Å². The van der Waals surface area contributed by atoms with Gasteiger partial charge in [0, 0.05) is 26.8 Å². The van der Waals surface area contributed by atoms with Gasteiger partial charge in [0.2, 0.25) is 0 Å². The van der Waals surface area contributed by atoms with Crippen molar-refractivity contribution in [2.75, 3.05) is 33.4 Å². The van der Waals surface area contributed by atoms with E-state index in [1.165, 1.54) is 31.4 Å². The van der Waals surface area contributed by atoms with Crippen LogP contribution < -0.4 is 15.4 Å². The highest BCUT2D eigenvalue weighted by Gasteiger charge is 2.36. The van der Waals surface area contributed by atoms with Crippen molar-refractivity contribution in [2.45, 2.75) is 45.6 Å². The molecule has 1 saturated carbocycles. The first-order chi connectivity index (χ1) is 12.6. The summed E-state index contributed by atoms with van der Waals surface area (Å²) in [5.74, 6) is 1.21. The summed E-state index contributed by atoms with van der Waals surface area (Å²) in [5.41, 5.74) is 0.300. The zero-order valence-corrected chi connectivity index (χ0v) is 18.9. The molecule has 0 heterocycles. The molecule has 5 nitrogen and oxygen atoms in total. The van der Waals surface area contributed by atoms with Gasteiger partial charge in [0.15, 0.2) is 5.96 Å². The van der Waals surface area contributed by atoms with Crippen LogP contribution in [0.1, 0.15) is 39.5 Å². The first-order valence-corrected chi connectivity index (χ1v) is 9.50. The molecule has 0 aliphatic heterocycles. The SMILES string of the molecule is CCNC(=NCC1(CCOC)CCC1)NCC(C)Oc1ccc(F)cc1.I. The zero-order valence-electron chi connectivity index (χ0n) is 16.6. The number of hydrogen-bond acceptors (Lipinski definition) is 3. The number of nitrogens with one attached hydrogen (secondary N) is 2. The lowest BCUT2D eigenvalue weighted by Crippen LogP contribution is -2.43. The van der Waals surface area contributed by atoms with Crippen LogP contribution in [0, 0.1) is 11.2 Å². The van der Waals surface area contributed by atoms with Gasteiger partial charge in [0.05, 0.1) is 6.54 Å². The van der Waals surface area contributed by atoms with Crippen LogP contribution in [0.4, 0.5) is 4.39 Å². The molecule has 27 heavy (non-hydrogen) atoms. The molecule has 7 heteroatoms. The second kappa shape index (κ2) is 12.4. The Morgan fingerprint density at radius 2 is 1.96 bits per heavy atom. The predicted molar refractivity (Wildman–Crippen MR) is 119 cm³/mol. The summed E-state index contributed by atoms with van der Waals surface area (Å²) < 4.78 is 24.0. The first-order valence-electron chi connectivity index (χ1n) is 9.50. The molecule has 1 aliphatic rings. The van der Waals surface area contributed by atoms with Gasteiger partial charge in [0.1, 0.15) is 17.7 Å². The van der Waals surface area contributed by atoms with Crippen LogP contribution in [0.25, 0.3) is 0 Å². The summed E-state index contributed by atoms with van der Waals surface area (Å²) in [5, 5.41) is 6.63. The minimum absolute atomic E-state index is 0. The van der Waals surface area contributed by atoms with Gasteiger partial charge < -0.3 is 20.1 Å². The van der Waals surface area contributed by atoms with Crippen molar-refractivity contribution in [3.05, 3.63) is 30.1 Å². The van der Waals surface area contributed by atoms with Crippen LogP contribution >= 0.6 is 24.0 Å². The van der Waals surface area contributed by atoms with E-state index in [0.29, 0.717) is 17.7 Å². The first kappa shape index (κ1) is 23.9. The van der Waals surface area contributed by atoms with Gasteiger partial charge in [-0.25, -0.2) is 4.39 Å². The van der Waals surface area contributed by atoms with Crippen molar-refractivity contribution in [1.29, 1.82) is 0 Å². The van der Waals surface area contributed by atoms with E-state index in [-0.39, 0.29) is 35.9 Å². The van der Waals surface area contributed by atoms with Crippen LogP contribution in [0.5, 0.6) is 5.75 Å². The van der Waals surface area contributed by atoms with Crippen molar-refractivity contribution in [3.63, 3.8) is 0 Å². The number of nitrogens with zero attached hydrogens (tertiary/aromatic N) is 1. The molecule has 0 saturated heterocycles. The average molecular weight is 493 g/mol. The highest BCUT2D eigenvalue weighted by atomic mass is 127. The fourth-order valence-electron chi connectivity index (χ4n) is 3.10. The number of rotatable bonds is 10. The molecular weight excluding hydrogens is 460 g/mol. The van der Waals surface area contributed by atoms with Crippen molar-refractivity contribution in [3.8, 4) is 5.75 Å². The molecule has 1 atom stereocenters. The maximum atomic E-state index is 13.0. The summed E-state index contributed by atoms with van der Waals surface area (Å²) in [6.45, 7) is 7.07. The van der Waals surface area contributed by atoms with Gasteiger partial charge in [-0.2, -0.15) is 0 Å². The molecule has 0 radical (unpaired) electrons. The Balaban J connectivity index is 0.00000364. The largest absolute Gasteiger partial charge is 0.489 e. The second-order valence-corrected chi connectivity index (χ2v) is 7.05. The standard InChI is InChI=1S/C20H32FN3O2.HI/c1-4-22-19(24-15-20(10-5-11-20)12-13-25-3)23-14-16(2)26-18-8-6-17(21)7-9-18;/h6-9,16H,4-5,10-15H2,1-3H3,(H2,22,23,24);1H. The Labute approximate surface area is 179 Å². The van der Waals surface area contributed by atoms with Crippen LogP contribution in [-0.4, -0.2) is 45.4 Å². The number of aliphatic imine (C=N–C) groups is 1. The molecule has 0 aromatic heterocycles. The molecule has 1 fully saturated rings. The van der Waals surface area contributed by atoms with Crippen LogP contribution in [0.15, 0.2) is 29.3 Å². The quantitative estimate of drug-likeness (QED) is 0.294. The van der Waals surface area contributed by atoms with E-state index in [2.05, 4.69) is 17.6 Å². The Kier molecular flexibility index (Phi) is 11.0. The van der Waals surface area contributed by atoms with Crippen molar-refractivity contribution >= 4 is 29.9 Å². The highest BCUT2D eigenvalue weighted by molar-refractivity contribution is 14.0. The summed E-state index contributed by atoms with van der Waals surface area (Å²) in [6.07, 6.45) is 4.74. The summed E-state index contributed by atoms with van der Waals surface area (Å²) in [4.78, 5) is 4.78. The maximum absolute atomic E-state index is 13.0.